The molecule has 1 aliphatic rings. The number of pyridine rings is 1. The summed E-state index contributed by atoms with van der Waals surface area (Å²) < 4.78 is 7.63. The van der Waals surface area contributed by atoms with Gasteiger partial charge in [-0.05, 0) is 58.2 Å². The molecule has 2 aromatic heterocycles. The van der Waals surface area contributed by atoms with Crippen LogP contribution in [0.15, 0.2) is 29.4 Å². The Morgan fingerprint density at radius 1 is 1.24 bits per heavy atom. The molecule has 1 fully saturated rings. The number of hydrogen-bond donors (Lipinski definition) is 1. The lowest BCUT2D eigenvalue weighted by atomic mass is 10.1. The van der Waals surface area contributed by atoms with E-state index in [4.69, 9.17) is 9.73 Å². The summed E-state index contributed by atoms with van der Waals surface area (Å²) in [5.41, 5.74) is 3.17. The first-order valence-corrected chi connectivity index (χ1v) is 10.2. The Morgan fingerprint density at radius 2 is 2.00 bits per heavy atom. The maximum Gasteiger partial charge on any atom is 0.194 e. The Kier molecular flexibility index (Phi) is 9.35. The molecule has 160 valence electrons. The third kappa shape index (κ3) is 6.40. The average Bonchev–Trinajstić information content (AvgIpc) is 3.04. The van der Waals surface area contributed by atoms with E-state index in [1.165, 1.54) is 0 Å². The van der Waals surface area contributed by atoms with E-state index in [0.29, 0.717) is 12.6 Å². The van der Waals surface area contributed by atoms with Gasteiger partial charge in [0.05, 0.1) is 18.3 Å². The van der Waals surface area contributed by atoms with Crippen LogP contribution in [0, 0.1) is 13.8 Å². The van der Waals surface area contributed by atoms with Crippen LogP contribution in [-0.4, -0.2) is 58.0 Å². The van der Waals surface area contributed by atoms with Crippen LogP contribution in [0.4, 0.5) is 0 Å². The van der Waals surface area contributed by atoms with E-state index in [-0.39, 0.29) is 24.0 Å². The summed E-state index contributed by atoms with van der Waals surface area (Å²) >= 11 is 0. The molecule has 2 aromatic rings. The van der Waals surface area contributed by atoms with Crippen molar-refractivity contribution in [2.45, 2.75) is 53.2 Å². The van der Waals surface area contributed by atoms with Gasteiger partial charge in [0.25, 0.3) is 0 Å². The summed E-state index contributed by atoms with van der Waals surface area (Å²) in [5.74, 6) is 1.81. The van der Waals surface area contributed by atoms with Crippen LogP contribution in [0.3, 0.4) is 0 Å². The van der Waals surface area contributed by atoms with Crippen molar-refractivity contribution >= 4 is 29.9 Å². The first-order chi connectivity index (χ1) is 13.6. The second-order valence-electron chi connectivity index (χ2n) is 7.18. The summed E-state index contributed by atoms with van der Waals surface area (Å²) in [5, 5.41) is 7.91. The predicted octanol–water partition coefficient (Wildman–Crippen LogP) is 3.47. The highest BCUT2D eigenvalue weighted by Gasteiger charge is 2.21. The van der Waals surface area contributed by atoms with E-state index in [2.05, 4.69) is 46.3 Å². The maximum absolute atomic E-state index is 5.76. The highest BCUT2D eigenvalue weighted by Crippen LogP contribution is 2.15. The van der Waals surface area contributed by atoms with E-state index in [1.807, 2.05) is 30.8 Å². The SMILES string of the molecule is CCNC(=NCc1ccc(-n2nc(C)cc2C)nc1)N1CCC(OCC)CC1.I. The minimum Gasteiger partial charge on any atom is -0.378 e. The number of nitrogens with zero attached hydrogens (tertiary/aromatic N) is 5. The molecular weight excluding hydrogens is 479 g/mol. The Bertz CT molecular complexity index is 781. The van der Waals surface area contributed by atoms with Crippen LogP contribution in [0.2, 0.25) is 0 Å². The summed E-state index contributed by atoms with van der Waals surface area (Å²) in [7, 11) is 0. The minimum absolute atomic E-state index is 0. The molecule has 0 unspecified atom stereocenters. The van der Waals surface area contributed by atoms with Crippen LogP contribution in [0.5, 0.6) is 0 Å². The molecule has 3 rings (SSSR count). The first-order valence-electron chi connectivity index (χ1n) is 10.2. The van der Waals surface area contributed by atoms with Gasteiger partial charge in [0.2, 0.25) is 0 Å². The molecule has 0 atom stereocenters. The molecule has 29 heavy (non-hydrogen) atoms. The Balaban J connectivity index is 0.00000300. The molecule has 8 heteroatoms. The zero-order valence-corrected chi connectivity index (χ0v) is 20.2. The van der Waals surface area contributed by atoms with Gasteiger partial charge in [-0.15, -0.1) is 24.0 Å². The van der Waals surface area contributed by atoms with Crippen LogP contribution in [0.1, 0.15) is 43.6 Å². The second-order valence-corrected chi connectivity index (χ2v) is 7.18. The normalized spacial score (nSPS) is 15.3. The number of guanidine groups is 1. The van der Waals surface area contributed by atoms with Gasteiger partial charge in [0.1, 0.15) is 0 Å². The number of aliphatic imine (C=N–C) groups is 1. The fraction of sp³-hybridized carbons (Fsp3) is 0.571. The third-order valence-corrected chi connectivity index (χ3v) is 4.93. The standard InChI is InChI=1S/C21H32N6O.HI/c1-5-22-21(26-11-9-19(10-12-26)28-6-2)24-15-18-7-8-20(23-14-18)27-17(4)13-16(3)25-27;/h7-8,13-14,19H,5-6,9-12,15H2,1-4H3,(H,22,24);1H. The summed E-state index contributed by atoms with van der Waals surface area (Å²) in [6, 6.07) is 6.13. The van der Waals surface area contributed by atoms with Gasteiger partial charge >= 0.3 is 0 Å². The van der Waals surface area contributed by atoms with Crippen molar-refractivity contribution in [1.82, 2.24) is 25.0 Å². The molecule has 0 spiro atoms. The number of hydrogen-bond acceptors (Lipinski definition) is 4. The number of halogens is 1. The monoisotopic (exact) mass is 512 g/mol. The molecular formula is C21H33IN6O. The number of aromatic nitrogens is 3. The zero-order valence-electron chi connectivity index (χ0n) is 17.9. The molecule has 0 amide bonds. The lowest BCUT2D eigenvalue weighted by Gasteiger charge is -2.34. The summed E-state index contributed by atoms with van der Waals surface area (Å²) in [4.78, 5) is 11.7. The smallest absolute Gasteiger partial charge is 0.194 e. The predicted molar refractivity (Wildman–Crippen MR) is 127 cm³/mol. The Morgan fingerprint density at radius 3 is 2.55 bits per heavy atom. The molecule has 1 N–H and O–H groups in total. The van der Waals surface area contributed by atoms with E-state index in [0.717, 1.165) is 67.8 Å². The van der Waals surface area contributed by atoms with Crippen LogP contribution >= 0.6 is 24.0 Å². The van der Waals surface area contributed by atoms with E-state index in [9.17, 15) is 0 Å². The van der Waals surface area contributed by atoms with Crippen molar-refractivity contribution in [1.29, 1.82) is 0 Å². The van der Waals surface area contributed by atoms with Crippen LogP contribution in [0.25, 0.3) is 5.82 Å². The summed E-state index contributed by atoms with van der Waals surface area (Å²) in [6.07, 6.45) is 4.38. The van der Waals surface area contributed by atoms with Gasteiger partial charge in [-0.1, -0.05) is 6.07 Å². The average molecular weight is 512 g/mol. The van der Waals surface area contributed by atoms with Gasteiger partial charge in [-0.3, -0.25) is 0 Å². The molecule has 7 nitrogen and oxygen atoms in total. The first kappa shape index (κ1) is 23.6. The molecule has 1 aliphatic heterocycles. The Labute approximate surface area is 191 Å². The number of piperidine rings is 1. The topological polar surface area (TPSA) is 67.6 Å². The van der Waals surface area contributed by atoms with Crippen LogP contribution in [-0.2, 0) is 11.3 Å². The molecule has 0 radical (unpaired) electrons. The van der Waals surface area contributed by atoms with E-state index in [1.54, 1.807) is 0 Å². The quantitative estimate of drug-likeness (QED) is 0.365. The molecule has 3 heterocycles. The zero-order chi connectivity index (χ0) is 19.9. The van der Waals surface area contributed by atoms with Crippen molar-refractivity contribution in [3.05, 3.63) is 41.3 Å². The van der Waals surface area contributed by atoms with Gasteiger partial charge in [0, 0.05) is 38.1 Å². The number of rotatable bonds is 6. The number of aryl methyl sites for hydroxylation is 2. The number of ether oxygens (including phenoxy) is 1. The van der Waals surface area contributed by atoms with Crippen LogP contribution < -0.4 is 5.32 Å². The third-order valence-electron chi connectivity index (χ3n) is 4.93. The van der Waals surface area contributed by atoms with E-state index >= 15 is 0 Å². The fourth-order valence-electron chi connectivity index (χ4n) is 3.56. The van der Waals surface area contributed by atoms with Crippen molar-refractivity contribution in [2.24, 2.45) is 4.99 Å². The molecule has 0 bridgehead atoms. The highest BCUT2D eigenvalue weighted by atomic mass is 127. The van der Waals surface area contributed by atoms with E-state index < -0.39 is 0 Å². The van der Waals surface area contributed by atoms with Crippen molar-refractivity contribution < 1.29 is 4.74 Å². The largest absolute Gasteiger partial charge is 0.378 e. The van der Waals surface area contributed by atoms with Gasteiger partial charge < -0.3 is 15.0 Å². The highest BCUT2D eigenvalue weighted by molar-refractivity contribution is 14.0. The van der Waals surface area contributed by atoms with Gasteiger partial charge in [-0.2, -0.15) is 5.10 Å². The molecule has 1 saturated heterocycles. The van der Waals surface area contributed by atoms with Gasteiger partial charge in [-0.25, -0.2) is 14.7 Å². The van der Waals surface area contributed by atoms with Gasteiger partial charge in [0.15, 0.2) is 11.8 Å². The summed E-state index contributed by atoms with van der Waals surface area (Å²) in [6.45, 7) is 12.4. The molecule has 0 aliphatic carbocycles. The minimum atomic E-state index is 0. The second kappa shape index (κ2) is 11.5. The number of nitrogens with one attached hydrogen (secondary N) is 1. The maximum atomic E-state index is 5.76. The fourth-order valence-corrected chi connectivity index (χ4v) is 3.56. The molecule has 0 saturated carbocycles. The van der Waals surface area contributed by atoms with Crippen molar-refractivity contribution in [3.8, 4) is 5.82 Å². The lowest BCUT2D eigenvalue weighted by molar-refractivity contribution is 0.0263. The van der Waals surface area contributed by atoms with Crippen molar-refractivity contribution in [2.75, 3.05) is 26.2 Å². The lowest BCUT2D eigenvalue weighted by Crippen LogP contribution is -2.47. The Hall–Kier alpha value is -1.68. The number of likely N-dealkylation sites (tertiary alicyclic amines) is 1. The molecule has 0 aromatic carbocycles. The van der Waals surface area contributed by atoms with Crippen molar-refractivity contribution in [3.63, 3.8) is 0 Å².